The first kappa shape index (κ1) is 27.5. The van der Waals surface area contributed by atoms with Gasteiger partial charge in [-0.1, -0.05) is 122 Å². The highest BCUT2D eigenvalue weighted by Gasteiger charge is 2.35. The van der Waals surface area contributed by atoms with Gasteiger partial charge < -0.3 is 9.47 Å². The van der Waals surface area contributed by atoms with Crippen LogP contribution in [-0.4, -0.2) is 4.57 Å². The minimum Gasteiger partial charge on any atom is -0.310 e. The Kier molecular flexibility index (Phi) is 6.99. The molecule has 0 unspecified atom stereocenters. The molecule has 7 aromatic rings. The molecule has 0 spiro atoms. The first-order valence-corrected chi connectivity index (χ1v) is 16.3. The normalized spacial score (nSPS) is 14.5. The van der Waals surface area contributed by atoms with Gasteiger partial charge in [0.25, 0.3) is 0 Å². The molecule has 1 aliphatic carbocycles. The van der Waals surface area contributed by atoms with Crippen molar-refractivity contribution in [1.82, 2.24) is 4.57 Å². The molecule has 2 heteroatoms. The van der Waals surface area contributed by atoms with E-state index in [0.29, 0.717) is 0 Å². The average molecular weight is 583 g/mol. The van der Waals surface area contributed by atoms with Crippen molar-refractivity contribution in [2.24, 2.45) is 0 Å². The van der Waals surface area contributed by atoms with Crippen LogP contribution in [0.25, 0.3) is 27.5 Å². The maximum atomic E-state index is 2.41. The van der Waals surface area contributed by atoms with Gasteiger partial charge in [0, 0.05) is 38.9 Å². The minimum atomic E-state index is 0.0868. The minimum absolute atomic E-state index is 0.0868. The fourth-order valence-corrected chi connectivity index (χ4v) is 7.68. The molecule has 1 saturated carbocycles. The fourth-order valence-electron chi connectivity index (χ4n) is 7.68. The lowest BCUT2D eigenvalue weighted by atomic mass is 9.65. The number of aromatic nitrogens is 1. The largest absolute Gasteiger partial charge is 0.310 e. The third kappa shape index (κ3) is 4.82. The van der Waals surface area contributed by atoms with E-state index in [1.54, 1.807) is 0 Å². The summed E-state index contributed by atoms with van der Waals surface area (Å²) < 4.78 is 2.41. The van der Waals surface area contributed by atoms with Crippen molar-refractivity contribution in [2.45, 2.75) is 44.4 Å². The van der Waals surface area contributed by atoms with Gasteiger partial charge in [-0.2, -0.15) is 0 Å². The van der Waals surface area contributed by atoms with Crippen LogP contribution in [0, 0.1) is 6.92 Å². The molecule has 0 radical (unpaired) electrons. The Labute approximate surface area is 266 Å². The smallest absolute Gasteiger partial charge is 0.0561 e. The molecular weight excluding hydrogens is 544 g/mol. The number of aryl methyl sites for hydroxylation is 1. The molecule has 6 aromatic carbocycles. The van der Waals surface area contributed by atoms with Crippen LogP contribution in [0.15, 0.2) is 152 Å². The molecule has 2 nitrogen and oxygen atoms in total. The second kappa shape index (κ2) is 11.4. The van der Waals surface area contributed by atoms with E-state index in [0.717, 1.165) is 11.4 Å². The predicted molar refractivity (Wildman–Crippen MR) is 191 cm³/mol. The van der Waals surface area contributed by atoms with Gasteiger partial charge in [0.2, 0.25) is 0 Å². The van der Waals surface area contributed by atoms with Gasteiger partial charge in [0.15, 0.2) is 0 Å². The molecule has 220 valence electrons. The summed E-state index contributed by atoms with van der Waals surface area (Å²) >= 11 is 0. The van der Waals surface area contributed by atoms with Gasteiger partial charge in [-0.05, 0) is 85.5 Å². The third-order valence-electron chi connectivity index (χ3n) is 9.93. The highest BCUT2D eigenvalue weighted by atomic mass is 15.1. The summed E-state index contributed by atoms with van der Waals surface area (Å²) in [7, 11) is 0. The van der Waals surface area contributed by atoms with Gasteiger partial charge >= 0.3 is 0 Å². The van der Waals surface area contributed by atoms with Crippen LogP contribution in [0.1, 0.15) is 48.8 Å². The Morgan fingerprint density at radius 2 is 1.07 bits per heavy atom. The lowest BCUT2D eigenvalue weighted by Crippen LogP contribution is -2.30. The maximum Gasteiger partial charge on any atom is 0.0561 e. The number of hydrogen-bond acceptors (Lipinski definition) is 1. The van der Waals surface area contributed by atoms with E-state index in [4.69, 9.17) is 0 Å². The highest BCUT2D eigenvalue weighted by Crippen LogP contribution is 2.46. The molecule has 0 atom stereocenters. The molecule has 45 heavy (non-hydrogen) atoms. The monoisotopic (exact) mass is 582 g/mol. The number of nitrogens with zero attached hydrogens (tertiary/aromatic N) is 2. The van der Waals surface area contributed by atoms with E-state index < -0.39 is 0 Å². The Morgan fingerprint density at radius 1 is 0.489 bits per heavy atom. The summed E-state index contributed by atoms with van der Waals surface area (Å²) in [5, 5.41) is 2.54. The SMILES string of the molecule is Cc1ccc(-n2c3ccccc3c3ccc(N(c4ccccc4)c4ccc(C5(c6ccccc6)CCCCC5)cc4)cc32)cc1. The van der Waals surface area contributed by atoms with Crippen LogP contribution >= 0.6 is 0 Å². The lowest BCUT2D eigenvalue weighted by molar-refractivity contribution is 0.346. The van der Waals surface area contributed by atoms with Crippen molar-refractivity contribution >= 4 is 38.9 Å². The van der Waals surface area contributed by atoms with Crippen molar-refractivity contribution in [3.8, 4) is 5.69 Å². The van der Waals surface area contributed by atoms with Crippen molar-refractivity contribution in [3.05, 3.63) is 168 Å². The molecule has 8 rings (SSSR count). The second-order valence-electron chi connectivity index (χ2n) is 12.6. The Balaban J connectivity index is 1.28. The van der Waals surface area contributed by atoms with Gasteiger partial charge in [0.1, 0.15) is 0 Å². The highest BCUT2D eigenvalue weighted by molar-refractivity contribution is 6.10. The quantitative estimate of drug-likeness (QED) is 0.189. The standard InChI is InChI=1S/C43H38N2/c1-32-19-23-37(24-20-32)45-41-18-10-9-17-39(41)40-28-27-38(31-42(40)45)44(35-15-7-3-8-16-35)36-25-21-34(22-26-36)43(29-11-4-12-30-43)33-13-5-2-6-14-33/h2-3,5-10,13-28,31H,4,11-12,29-30H2,1H3. The van der Waals surface area contributed by atoms with Gasteiger partial charge in [-0.15, -0.1) is 0 Å². The summed E-state index contributed by atoms with van der Waals surface area (Å²) in [4.78, 5) is 2.40. The fraction of sp³-hybridized carbons (Fsp3) is 0.163. The van der Waals surface area contributed by atoms with Crippen LogP contribution in [0.4, 0.5) is 17.1 Å². The van der Waals surface area contributed by atoms with Crippen LogP contribution in [0.2, 0.25) is 0 Å². The van der Waals surface area contributed by atoms with E-state index in [1.807, 2.05) is 0 Å². The molecular formula is C43H38N2. The van der Waals surface area contributed by atoms with E-state index in [9.17, 15) is 0 Å². The molecule has 0 amide bonds. The molecule has 1 aromatic heterocycles. The molecule has 0 saturated heterocycles. The van der Waals surface area contributed by atoms with Crippen molar-refractivity contribution in [3.63, 3.8) is 0 Å². The molecule has 0 aliphatic heterocycles. The first-order chi connectivity index (χ1) is 22.2. The van der Waals surface area contributed by atoms with E-state index in [2.05, 4.69) is 168 Å². The molecule has 1 aliphatic rings. The summed E-state index contributed by atoms with van der Waals surface area (Å²) in [6, 6.07) is 56.0. The van der Waals surface area contributed by atoms with Gasteiger partial charge in [-0.25, -0.2) is 0 Å². The first-order valence-electron chi connectivity index (χ1n) is 16.3. The zero-order valence-electron chi connectivity index (χ0n) is 25.9. The Morgan fingerprint density at radius 3 is 1.80 bits per heavy atom. The zero-order chi connectivity index (χ0) is 30.2. The average Bonchev–Trinajstić information content (AvgIpc) is 3.44. The van der Waals surface area contributed by atoms with Crippen LogP contribution in [0.5, 0.6) is 0 Å². The van der Waals surface area contributed by atoms with Crippen molar-refractivity contribution in [2.75, 3.05) is 4.90 Å². The molecule has 0 N–H and O–H groups in total. The third-order valence-corrected chi connectivity index (χ3v) is 9.93. The topological polar surface area (TPSA) is 8.17 Å². The van der Waals surface area contributed by atoms with Crippen LogP contribution in [0.3, 0.4) is 0 Å². The maximum absolute atomic E-state index is 2.41. The van der Waals surface area contributed by atoms with Crippen LogP contribution < -0.4 is 4.90 Å². The van der Waals surface area contributed by atoms with Gasteiger partial charge in [-0.3, -0.25) is 0 Å². The van der Waals surface area contributed by atoms with Gasteiger partial charge in [0.05, 0.1) is 11.0 Å². The Hall–Kier alpha value is -5.08. The lowest BCUT2D eigenvalue weighted by Gasteiger charge is -2.39. The summed E-state index contributed by atoms with van der Waals surface area (Å²) in [5.41, 5.74) is 11.3. The van der Waals surface area contributed by atoms with E-state index >= 15 is 0 Å². The summed E-state index contributed by atoms with van der Waals surface area (Å²) in [6.45, 7) is 2.15. The van der Waals surface area contributed by atoms with Crippen molar-refractivity contribution in [1.29, 1.82) is 0 Å². The van der Waals surface area contributed by atoms with E-state index in [-0.39, 0.29) is 5.41 Å². The number of rotatable bonds is 6. The summed E-state index contributed by atoms with van der Waals surface area (Å²) in [5.74, 6) is 0. The molecule has 0 bridgehead atoms. The molecule has 1 heterocycles. The zero-order valence-corrected chi connectivity index (χ0v) is 25.9. The number of anilines is 3. The number of fused-ring (bicyclic) bond motifs is 3. The van der Waals surface area contributed by atoms with Crippen molar-refractivity contribution < 1.29 is 0 Å². The van der Waals surface area contributed by atoms with E-state index in [1.165, 1.54) is 82.0 Å². The van der Waals surface area contributed by atoms with Crippen LogP contribution in [-0.2, 0) is 5.41 Å². The Bertz CT molecular complexity index is 2060. The number of para-hydroxylation sites is 2. The predicted octanol–water partition coefficient (Wildman–Crippen LogP) is 11.8. The number of benzene rings is 6. The molecule has 1 fully saturated rings. The summed E-state index contributed by atoms with van der Waals surface area (Å²) in [6.07, 6.45) is 6.30. The second-order valence-corrected chi connectivity index (χ2v) is 12.6. The number of hydrogen-bond donors (Lipinski definition) is 0.